The molecule has 98 valence electrons. The molecule has 0 heterocycles. The summed E-state index contributed by atoms with van der Waals surface area (Å²) in [4.78, 5) is 20.9. The number of nitro benzene ring substituents is 1. The third-order valence-corrected chi connectivity index (χ3v) is 2.22. The summed E-state index contributed by atoms with van der Waals surface area (Å²) in [6, 6.07) is 3.72. The molecule has 1 N–H and O–H groups in total. The molecule has 0 bridgehead atoms. The molecule has 0 aliphatic carbocycles. The largest absolute Gasteiger partial charge is 0.478 e. The van der Waals surface area contributed by atoms with Gasteiger partial charge < -0.3 is 14.6 Å². The number of benzene rings is 1. The Labute approximate surface area is 103 Å². The van der Waals surface area contributed by atoms with Crippen LogP contribution < -0.4 is 0 Å². The summed E-state index contributed by atoms with van der Waals surface area (Å²) in [5.41, 5.74) is -0.0456. The number of hydrogen-bond acceptors (Lipinski definition) is 5. The number of ether oxygens (including phenoxy) is 2. The van der Waals surface area contributed by atoms with E-state index in [0.29, 0.717) is 18.8 Å². The first-order valence-electron chi connectivity index (χ1n) is 5.13. The smallest absolute Gasteiger partial charge is 0.335 e. The van der Waals surface area contributed by atoms with Crippen LogP contribution in [0.5, 0.6) is 0 Å². The Hall–Kier alpha value is -1.99. The number of rotatable bonds is 7. The molecule has 0 aromatic heterocycles. The normalized spacial score (nSPS) is 10.3. The van der Waals surface area contributed by atoms with Gasteiger partial charge in [0.25, 0.3) is 5.69 Å². The number of carboxylic acid groups (broad SMARTS) is 1. The van der Waals surface area contributed by atoms with E-state index in [1.54, 1.807) is 0 Å². The Morgan fingerprint density at radius 3 is 2.72 bits per heavy atom. The summed E-state index contributed by atoms with van der Waals surface area (Å²) < 4.78 is 9.95. The molecular weight excluding hydrogens is 242 g/mol. The molecule has 0 radical (unpaired) electrons. The number of aromatic carboxylic acids is 1. The molecule has 0 aliphatic heterocycles. The second kappa shape index (κ2) is 6.67. The van der Waals surface area contributed by atoms with Gasteiger partial charge in [0.2, 0.25) is 0 Å². The molecule has 0 spiro atoms. The Balaban J connectivity index is 2.83. The summed E-state index contributed by atoms with van der Waals surface area (Å²) in [7, 11) is 1.52. The van der Waals surface area contributed by atoms with Crippen LogP contribution in [0.25, 0.3) is 0 Å². The van der Waals surface area contributed by atoms with Gasteiger partial charge in [0, 0.05) is 13.2 Å². The van der Waals surface area contributed by atoms with E-state index >= 15 is 0 Å². The lowest BCUT2D eigenvalue weighted by molar-refractivity contribution is -0.386. The van der Waals surface area contributed by atoms with Crippen molar-refractivity contribution in [2.75, 3.05) is 20.3 Å². The molecule has 0 amide bonds. The van der Waals surface area contributed by atoms with Crippen molar-refractivity contribution in [3.8, 4) is 0 Å². The van der Waals surface area contributed by atoms with Crippen LogP contribution in [0.2, 0.25) is 0 Å². The van der Waals surface area contributed by atoms with E-state index in [-0.39, 0.29) is 17.9 Å². The topological polar surface area (TPSA) is 98.9 Å². The van der Waals surface area contributed by atoms with Gasteiger partial charge in [0.1, 0.15) is 0 Å². The van der Waals surface area contributed by atoms with Crippen LogP contribution in [0.15, 0.2) is 18.2 Å². The zero-order valence-electron chi connectivity index (χ0n) is 9.79. The molecule has 0 saturated heterocycles. The van der Waals surface area contributed by atoms with Crippen LogP contribution in [-0.4, -0.2) is 36.3 Å². The quantitative estimate of drug-likeness (QED) is 0.450. The minimum atomic E-state index is -1.20. The number of nitro groups is 1. The lowest BCUT2D eigenvalue weighted by Gasteiger charge is -2.05. The first-order chi connectivity index (χ1) is 8.56. The third-order valence-electron chi connectivity index (χ3n) is 2.22. The molecule has 1 aromatic rings. The third kappa shape index (κ3) is 3.79. The highest BCUT2D eigenvalue weighted by atomic mass is 16.6. The minimum absolute atomic E-state index is 0.0412. The van der Waals surface area contributed by atoms with Crippen LogP contribution in [0.1, 0.15) is 15.9 Å². The van der Waals surface area contributed by atoms with Crippen LogP contribution in [0.4, 0.5) is 5.69 Å². The Bertz CT molecular complexity index is 445. The predicted octanol–water partition coefficient (Wildman–Crippen LogP) is 1.46. The zero-order valence-corrected chi connectivity index (χ0v) is 9.79. The fourth-order valence-corrected chi connectivity index (χ4v) is 1.31. The molecule has 1 rings (SSSR count). The van der Waals surface area contributed by atoms with E-state index in [2.05, 4.69) is 0 Å². The van der Waals surface area contributed by atoms with E-state index in [4.69, 9.17) is 14.6 Å². The molecule has 0 unspecified atom stereocenters. The zero-order chi connectivity index (χ0) is 13.5. The summed E-state index contributed by atoms with van der Waals surface area (Å²) >= 11 is 0. The summed E-state index contributed by atoms with van der Waals surface area (Å²) in [5.74, 6) is -1.20. The molecule has 7 nitrogen and oxygen atoms in total. The maximum absolute atomic E-state index is 10.8. The molecule has 0 aliphatic rings. The van der Waals surface area contributed by atoms with Gasteiger partial charge in [0.15, 0.2) is 0 Å². The highest BCUT2D eigenvalue weighted by molar-refractivity contribution is 5.88. The molecule has 0 saturated carbocycles. The maximum Gasteiger partial charge on any atom is 0.335 e. The van der Waals surface area contributed by atoms with Gasteiger partial charge in [-0.05, 0) is 12.1 Å². The number of methoxy groups -OCH3 is 1. The van der Waals surface area contributed by atoms with Crippen molar-refractivity contribution in [2.45, 2.75) is 6.61 Å². The second-order valence-corrected chi connectivity index (χ2v) is 3.45. The predicted molar refractivity (Wildman–Crippen MR) is 61.6 cm³/mol. The SMILES string of the molecule is COCCOCc1ccc(C(=O)O)cc1[N+](=O)[O-]. The van der Waals surface area contributed by atoms with E-state index in [1.165, 1.54) is 19.2 Å². The van der Waals surface area contributed by atoms with Crippen molar-refractivity contribution in [1.82, 2.24) is 0 Å². The van der Waals surface area contributed by atoms with Gasteiger partial charge >= 0.3 is 5.97 Å². The second-order valence-electron chi connectivity index (χ2n) is 3.45. The van der Waals surface area contributed by atoms with Crippen molar-refractivity contribution in [1.29, 1.82) is 0 Å². The van der Waals surface area contributed by atoms with E-state index < -0.39 is 10.9 Å². The number of carboxylic acids is 1. The monoisotopic (exact) mass is 255 g/mol. The van der Waals surface area contributed by atoms with Crippen LogP contribution >= 0.6 is 0 Å². The van der Waals surface area contributed by atoms with Crippen LogP contribution in [-0.2, 0) is 16.1 Å². The van der Waals surface area contributed by atoms with Crippen molar-refractivity contribution in [2.24, 2.45) is 0 Å². The highest BCUT2D eigenvalue weighted by Gasteiger charge is 2.17. The van der Waals surface area contributed by atoms with Gasteiger partial charge in [-0.15, -0.1) is 0 Å². The molecule has 1 aromatic carbocycles. The fourth-order valence-electron chi connectivity index (χ4n) is 1.31. The molecule has 18 heavy (non-hydrogen) atoms. The average molecular weight is 255 g/mol. The summed E-state index contributed by atoms with van der Waals surface area (Å²) in [6.45, 7) is 0.745. The van der Waals surface area contributed by atoms with Crippen LogP contribution in [0, 0.1) is 10.1 Å². The number of nitrogens with zero attached hydrogens (tertiary/aromatic N) is 1. The fraction of sp³-hybridized carbons (Fsp3) is 0.364. The van der Waals surface area contributed by atoms with Gasteiger partial charge in [-0.1, -0.05) is 0 Å². The van der Waals surface area contributed by atoms with E-state index in [9.17, 15) is 14.9 Å². The van der Waals surface area contributed by atoms with Gasteiger partial charge in [-0.3, -0.25) is 10.1 Å². The van der Waals surface area contributed by atoms with Gasteiger partial charge in [0.05, 0.1) is 35.9 Å². The van der Waals surface area contributed by atoms with E-state index in [0.717, 1.165) is 6.07 Å². The van der Waals surface area contributed by atoms with E-state index in [1.807, 2.05) is 0 Å². The first kappa shape index (κ1) is 14.1. The van der Waals surface area contributed by atoms with Gasteiger partial charge in [-0.2, -0.15) is 0 Å². The molecule has 0 atom stereocenters. The maximum atomic E-state index is 10.8. The highest BCUT2D eigenvalue weighted by Crippen LogP contribution is 2.21. The molecule has 0 fully saturated rings. The standard InChI is InChI=1S/C11H13NO6/c1-17-4-5-18-7-9-3-2-8(11(13)14)6-10(9)12(15)16/h2-3,6H,4-5,7H2,1H3,(H,13,14). The van der Waals surface area contributed by atoms with Crippen molar-refractivity contribution < 1.29 is 24.3 Å². The number of hydrogen-bond donors (Lipinski definition) is 1. The minimum Gasteiger partial charge on any atom is -0.478 e. The van der Waals surface area contributed by atoms with Crippen molar-refractivity contribution in [3.63, 3.8) is 0 Å². The van der Waals surface area contributed by atoms with Crippen LogP contribution in [0.3, 0.4) is 0 Å². The van der Waals surface area contributed by atoms with Crippen molar-refractivity contribution in [3.05, 3.63) is 39.4 Å². The van der Waals surface area contributed by atoms with Crippen molar-refractivity contribution >= 4 is 11.7 Å². The first-order valence-corrected chi connectivity index (χ1v) is 5.13. The Morgan fingerprint density at radius 2 is 2.17 bits per heavy atom. The molecular formula is C11H13NO6. The Kier molecular flexibility index (Phi) is 5.22. The van der Waals surface area contributed by atoms with Gasteiger partial charge in [-0.25, -0.2) is 4.79 Å². The number of carbonyl (C=O) groups is 1. The molecule has 7 heteroatoms. The average Bonchev–Trinajstić information content (AvgIpc) is 2.34. The summed E-state index contributed by atoms with van der Waals surface area (Å²) in [6.07, 6.45) is 0. The lowest BCUT2D eigenvalue weighted by atomic mass is 10.1. The lowest BCUT2D eigenvalue weighted by Crippen LogP contribution is -2.05. The Morgan fingerprint density at radius 1 is 1.44 bits per heavy atom. The summed E-state index contributed by atoms with van der Waals surface area (Å²) in [5, 5.41) is 19.6.